The second-order valence-corrected chi connectivity index (χ2v) is 8.45. The van der Waals surface area contributed by atoms with Crippen LogP contribution in [-0.2, 0) is 27.8 Å². The predicted molar refractivity (Wildman–Crippen MR) is 101 cm³/mol. The fourth-order valence-electron chi connectivity index (χ4n) is 3.04. The summed E-state index contributed by atoms with van der Waals surface area (Å²) in [6.45, 7) is 1.68. The van der Waals surface area contributed by atoms with Crippen molar-refractivity contribution in [3.05, 3.63) is 71.3 Å². The molecule has 0 aromatic heterocycles. The smallest absolute Gasteiger partial charge is 0.269 e. The molecule has 1 unspecified atom stereocenters. The lowest BCUT2D eigenvalue weighted by atomic mass is 9.95. The molecule has 8 heteroatoms. The number of amides is 2. The van der Waals surface area contributed by atoms with Gasteiger partial charge < -0.3 is 0 Å². The fraction of sp³-hybridized carbons (Fsp3) is 0.263. The van der Waals surface area contributed by atoms with Gasteiger partial charge >= 0.3 is 0 Å². The summed E-state index contributed by atoms with van der Waals surface area (Å²) in [5.41, 5.74) is 6.91. The van der Waals surface area contributed by atoms with E-state index in [1.807, 2.05) is 24.3 Å². The number of hydrogen-bond acceptors (Lipinski definition) is 4. The van der Waals surface area contributed by atoms with Crippen LogP contribution in [0.3, 0.4) is 0 Å². The quantitative estimate of drug-likeness (QED) is 0.771. The third-order valence-electron chi connectivity index (χ3n) is 4.57. The third-order valence-corrected chi connectivity index (χ3v) is 6.39. The first-order chi connectivity index (χ1) is 12.9. The minimum Gasteiger partial charge on any atom is -0.271 e. The van der Waals surface area contributed by atoms with Crippen molar-refractivity contribution in [2.75, 3.05) is 5.75 Å². The molecule has 27 heavy (non-hydrogen) atoms. The van der Waals surface area contributed by atoms with E-state index < -0.39 is 27.9 Å². The maximum absolute atomic E-state index is 12.7. The molecule has 1 aliphatic rings. The summed E-state index contributed by atoms with van der Waals surface area (Å²) in [7, 11) is -3.59. The van der Waals surface area contributed by atoms with Crippen molar-refractivity contribution in [3.8, 4) is 0 Å². The zero-order chi connectivity index (χ0) is 19.4. The fourth-order valence-corrected chi connectivity index (χ4v) is 4.27. The molecule has 0 spiro atoms. The van der Waals surface area contributed by atoms with Gasteiger partial charge in [0, 0.05) is 12.1 Å². The van der Waals surface area contributed by atoms with E-state index >= 15 is 0 Å². The number of benzene rings is 2. The lowest BCUT2D eigenvalue weighted by Gasteiger charge is -2.34. The number of fused-ring (bicyclic) bond motifs is 1. The molecule has 2 aromatic carbocycles. The predicted octanol–water partition coefficient (Wildman–Crippen LogP) is 1.22. The van der Waals surface area contributed by atoms with Crippen molar-refractivity contribution >= 4 is 21.8 Å². The van der Waals surface area contributed by atoms with Gasteiger partial charge in [-0.15, -0.1) is 0 Å². The van der Waals surface area contributed by atoms with Crippen molar-refractivity contribution in [1.82, 2.24) is 15.2 Å². The van der Waals surface area contributed by atoms with Gasteiger partial charge in [0.15, 0.2) is 0 Å². The SMILES string of the molecule is CCS(=O)(=O)N1Cc2ccccc2CC1C(=O)NNC(=O)c1ccccc1. The molecule has 0 saturated heterocycles. The summed E-state index contributed by atoms with van der Waals surface area (Å²) in [5, 5.41) is 0. The summed E-state index contributed by atoms with van der Waals surface area (Å²) in [6, 6.07) is 15.0. The largest absolute Gasteiger partial charge is 0.271 e. The van der Waals surface area contributed by atoms with Gasteiger partial charge in [-0.2, -0.15) is 4.31 Å². The number of nitrogens with one attached hydrogen (secondary N) is 2. The van der Waals surface area contributed by atoms with Gasteiger partial charge in [0.1, 0.15) is 6.04 Å². The van der Waals surface area contributed by atoms with E-state index in [1.165, 1.54) is 4.31 Å². The zero-order valence-electron chi connectivity index (χ0n) is 14.9. The first kappa shape index (κ1) is 19.1. The molecule has 0 bridgehead atoms. The highest BCUT2D eigenvalue weighted by Gasteiger charge is 2.38. The molecular formula is C19H21N3O4S. The summed E-state index contributed by atoms with van der Waals surface area (Å²) >= 11 is 0. The van der Waals surface area contributed by atoms with Gasteiger partial charge in [0.25, 0.3) is 11.8 Å². The van der Waals surface area contributed by atoms with E-state index in [9.17, 15) is 18.0 Å². The van der Waals surface area contributed by atoms with Crippen LogP contribution in [-0.4, -0.2) is 36.3 Å². The van der Waals surface area contributed by atoms with Crippen LogP contribution in [0.2, 0.25) is 0 Å². The average Bonchev–Trinajstić information content (AvgIpc) is 2.71. The highest BCUT2D eigenvalue weighted by molar-refractivity contribution is 7.89. The Labute approximate surface area is 158 Å². The Hall–Kier alpha value is -2.71. The summed E-state index contributed by atoms with van der Waals surface area (Å²) in [6.07, 6.45) is 0.252. The molecule has 2 N–H and O–H groups in total. The lowest BCUT2D eigenvalue weighted by Crippen LogP contribution is -2.56. The van der Waals surface area contributed by atoms with Gasteiger partial charge in [-0.1, -0.05) is 42.5 Å². The summed E-state index contributed by atoms with van der Waals surface area (Å²) in [4.78, 5) is 24.8. The molecule has 0 fully saturated rings. The topological polar surface area (TPSA) is 95.6 Å². The maximum atomic E-state index is 12.7. The van der Waals surface area contributed by atoms with E-state index in [2.05, 4.69) is 10.9 Å². The Bertz CT molecular complexity index is 944. The summed E-state index contributed by atoms with van der Waals surface area (Å²) < 4.78 is 26.2. The van der Waals surface area contributed by atoms with E-state index in [-0.39, 0.29) is 18.7 Å². The van der Waals surface area contributed by atoms with Gasteiger partial charge in [0.2, 0.25) is 10.0 Å². The Kier molecular flexibility index (Phi) is 5.57. The highest BCUT2D eigenvalue weighted by Crippen LogP contribution is 2.26. The molecule has 0 aliphatic carbocycles. The van der Waals surface area contributed by atoms with Crippen LogP contribution in [0.25, 0.3) is 0 Å². The van der Waals surface area contributed by atoms with Gasteiger partial charge in [-0.3, -0.25) is 20.4 Å². The molecule has 2 aromatic rings. The monoisotopic (exact) mass is 387 g/mol. The van der Waals surface area contributed by atoms with Crippen molar-refractivity contribution in [2.45, 2.75) is 25.9 Å². The number of sulfonamides is 1. The van der Waals surface area contributed by atoms with Crippen LogP contribution in [0.1, 0.15) is 28.4 Å². The maximum Gasteiger partial charge on any atom is 0.269 e. The second-order valence-electron chi connectivity index (χ2n) is 6.24. The molecule has 2 amide bonds. The van der Waals surface area contributed by atoms with Gasteiger partial charge in [0.05, 0.1) is 5.75 Å². The normalized spacial score (nSPS) is 17.0. The minimum atomic E-state index is -3.59. The molecule has 7 nitrogen and oxygen atoms in total. The summed E-state index contributed by atoms with van der Waals surface area (Å²) in [5.74, 6) is -1.13. The van der Waals surface area contributed by atoms with Crippen LogP contribution >= 0.6 is 0 Å². The molecule has 3 rings (SSSR count). The highest BCUT2D eigenvalue weighted by atomic mass is 32.2. The number of hydrogen-bond donors (Lipinski definition) is 2. The van der Waals surface area contributed by atoms with Crippen molar-refractivity contribution in [1.29, 1.82) is 0 Å². The lowest BCUT2D eigenvalue weighted by molar-refractivity contribution is -0.126. The van der Waals surface area contributed by atoms with Gasteiger partial charge in [-0.25, -0.2) is 8.42 Å². The van der Waals surface area contributed by atoms with Crippen molar-refractivity contribution in [2.24, 2.45) is 0 Å². The van der Waals surface area contributed by atoms with E-state index in [0.29, 0.717) is 5.56 Å². The molecule has 0 saturated carbocycles. The molecular weight excluding hydrogens is 366 g/mol. The van der Waals surface area contributed by atoms with Crippen molar-refractivity contribution < 1.29 is 18.0 Å². The van der Waals surface area contributed by atoms with E-state index in [0.717, 1.165) is 11.1 Å². The Morgan fingerprint density at radius 1 is 1.00 bits per heavy atom. The Balaban J connectivity index is 1.77. The van der Waals surface area contributed by atoms with Crippen molar-refractivity contribution in [3.63, 3.8) is 0 Å². The minimum absolute atomic E-state index is 0.102. The first-order valence-corrected chi connectivity index (χ1v) is 10.2. The Morgan fingerprint density at radius 2 is 1.63 bits per heavy atom. The number of nitrogens with zero attached hydrogens (tertiary/aromatic N) is 1. The third kappa shape index (κ3) is 4.17. The molecule has 0 radical (unpaired) electrons. The standard InChI is InChI=1S/C19H21N3O4S/c1-2-27(25,26)22-13-16-11-7-6-10-15(16)12-17(22)19(24)21-20-18(23)14-8-4-3-5-9-14/h3-11,17H,2,12-13H2,1H3,(H,20,23)(H,21,24). The van der Waals surface area contributed by atoms with Crippen LogP contribution in [0, 0.1) is 0 Å². The second kappa shape index (κ2) is 7.89. The molecule has 1 heterocycles. The first-order valence-electron chi connectivity index (χ1n) is 8.64. The molecule has 1 atom stereocenters. The number of hydrazine groups is 1. The molecule has 142 valence electrons. The van der Waals surface area contributed by atoms with Crippen LogP contribution < -0.4 is 10.9 Å². The number of carbonyl (C=O) groups excluding carboxylic acids is 2. The van der Waals surface area contributed by atoms with Crippen LogP contribution in [0.4, 0.5) is 0 Å². The molecule has 1 aliphatic heterocycles. The van der Waals surface area contributed by atoms with Crippen LogP contribution in [0.5, 0.6) is 0 Å². The van der Waals surface area contributed by atoms with E-state index in [1.54, 1.807) is 37.3 Å². The van der Waals surface area contributed by atoms with Gasteiger partial charge in [-0.05, 0) is 36.6 Å². The number of rotatable bonds is 4. The van der Waals surface area contributed by atoms with Crippen LogP contribution in [0.15, 0.2) is 54.6 Å². The average molecular weight is 387 g/mol. The van der Waals surface area contributed by atoms with E-state index in [4.69, 9.17) is 0 Å². The Morgan fingerprint density at radius 3 is 2.30 bits per heavy atom. The number of carbonyl (C=O) groups is 2. The zero-order valence-corrected chi connectivity index (χ0v) is 15.7.